The summed E-state index contributed by atoms with van der Waals surface area (Å²) in [5.74, 6) is 0.104. The summed E-state index contributed by atoms with van der Waals surface area (Å²) in [6, 6.07) is 18.1. The molecule has 0 radical (unpaired) electrons. The fraction of sp³-hybridized carbons (Fsp3) is 0.333. The third-order valence-electron chi connectivity index (χ3n) is 4.96. The monoisotopic (exact) mass is 352 g/mol. The first kappa shape index (κ1) is 17.5. The number of amides is 1. The summed E-state index contributed by atoms with van der Waals surface area (Å²) in [5, 5.41) is 12.2. The van der Waals surface area contributed by atoms with Crippen molar-refractivity contribution in [3.05, 3.63) is 59.1 Å². The van der Waals surface area contributed by atoms with Crippen LogP contribution in [-0.4, -0.2) is 12.5 Å². The maximum absolute atomic E-state index is 12.6. The highest BCUT2D eigenvalue weighted by Gasteiger charge is 2.33. The first-order valence-corrected chi connectivity index (χ1v) is 9.08. The average Bonchev–Trinajstić information content (AvgIpc) is 2.67. The Morgan fingerprint density at radius 3 is 2.60 bits per heavy atom. The van der Waals surface area contributed by atoms with E-state index in [4.69, 9.17) is 16.9 Å². The Kier molecular flexibility index (Phi) is 5.73. The topological polar surface area (TPSA) is 52.9 Å². The van der Waals surface area contributed by atoms with Gasteiger partial charge in [0, 0.05) is 10.9 Å². The molecule has 3 nitrogen and oxygen atoms in total. The second-order valence-corrected chi connectivity index (χ2v) is 6.90. The molecule has 0 aliphatic heterocycles. The molecule has 25 heavy (non-hydrogen) atoms. The van der Waals surface area contributed by atoms with Crippen LogP contribution in [0.15, 0.2) is 48.5 Å². The van der Waals surface area contributed by atoms with Crippen molar-refractivity contribution in [3.63, 3.8) is 0 Å². The van der Waals surface area contributed by atoms with Crippen LogP contribution < -0.4 is 5.32 Å². The highest BCUT2D eigenvalue weighted by atomic mass is 35.5. The Balaban J connectivity index is 1.95. The molecule has 0 spiro atoms. The highest BCUT2D eigenvalue weighted by Crippen LogP contribution is 2.42. The zero-order valence-electron chi connectivity index (χ0n) is 14.0. The van der Waals surface area contributed by atoms with Crippen LogP contribution in [0.1, 0.15) is 37.2 Å². The van der Waals surface area contributed by atoms with Crippen molar-refractivity contribution in [2.75, 3.05) is 6.54 Å². The molecule has 128 valence electrons. The van der Waals surface area contributed by atoms with Gasteiger partial charge in [0.05, 0.1) is 6.07 Å². The number of hydrogen-bond donors (Lipinski definition) is 1. The van der Waals surface area contributed by atoms with E-state index in [1.54, 1.807) is 0 Å². The summed E-state index contributed by atoms with van der Waals surface area (Å²) < 4.78 is 0. The number of carbonyl (C=O) groups excluding carboxylic acids is 1. The summed E-state index contributed by atoms with van der Waals surface area (Å²) in [6.07, 6.45) is 4.05. The molecule has 0 aromatic heterocycles. The molecule has 1 aliphatic carbocycles. The van der Waals surface area contributed by atoms with E-state index in [0.717, 1.165) is 36.8 Å². The Labute approximate surface area is 153 Å². The van der Waals surface area contributed by atoms with Gasteiger partial charge < -0.3 is 5.32 Å². The Bertz CT molecular complexity index is 779. The molecule has 2 atom stereocenters. The number of benzene rings is 2. The van der Waals surface area contributed by atoms with Crippen LogP contribution in [0.25, 0.3) is 11.1 Å². The standard InChI is InChI=1S/C21H21ClN2O/c22-16-11-9-15(10-12-16)17-5-1-2-6-18(17)19-7-3-4-8-20(19)21(25)24-14-13-23/h1-2,5-6,9-12,19-20H,3-4,7-8,14H2,(H,24,25). The number of rotatable bonds is 4. The zero-order valence-corrected chi connectivity index (χ0v) is 14.8. The Morgan fingerprint density at radius 2 is 1.84 bits per heavy atom. The van der Waals surface area contributed by atoms with Crippen LogP contribution in [0.2, 0.25) is 5.02 Å². The normalized spacial score (nSPS) is 19.8. The molecule has 3 rings (SSSR count). The molecule has 2 aromatic carbocycles. The van der Waals surface area contributed by atoms with Gasteiger partial charge in [-0.3, -0.25) is 4.79 Å². The number of carbonyl (C=O) groups is 1. The summed E-state index contributed by atoms with van der Waals surface area (Å²) >= 11 is 6.02. The van der Waals surface area contributed by atoms with Gasteiger partial charge in [-0.05, 0) is 47.6 Å². The molecule has 0 saturated heterocycles. The van der Waals surface area contributed by atoms with Gasteiger partial charge in [-0.2, -0.15) is 5.26 Å². The molecule has 2 unspecified atom stereocenters. The largest absolute Gasteiger partial charge is 0.343 e. The van der Waals surface area contributed by atoms with E-state index in [9.17, 15) is 4.79 Å². The van der Waals surface area contributed by atoms with Crippen molar-refractivity contribution >= 4 is 17.5 Å². The average molecular weight is 353 g/mol. The number of hydrogen-bond acceptors (Lipinski definition) is 2. The van der Waals surface area contributed by atoms with Crippen molar-refractivity contribution in [2.24, 2.45) is 5.92 Å². The summed E-state index contributed by atoms with van der Waals surface area (Å²) in [5.41, 5.74) is 3.48. The summed E-state index contributed by atoms with van der Waals surface area (Å²) in [6.45, 7) is 0.0703. The lowest BCUT2D eigenvalue weighted by Crippen LogP contribution is -2.36. The lowest BCUT2D eigenvalue weighted by atomic mass is 9.73. The third kappa shape index (κ3) is 4.03. The van der Waals surface area contributed by atoms with E-state index in [1.807, 2.05) is 42.5 Å². The number of nitrogens with one attached hydrogen (secondary N) is 1. The predicted molar refractivity (Wildman–Crippen MR) is 100 cm³/mol. The van der Waals surface area contributed by atoms with Crippen molar-refractivity contribution in [1.29, 1.82) is 5.26 Å². The van der Waals surface area contributed by atoms with Gasteiger partial charge in [-0.1, -0.05) is 60.8 Å². The summed E-state index contributed by atoms with van der Waals surface area (Å²) in [4.78, 5) is 12.6. The van der Waals surface area contributed by atoms with Crippen molar-refractivity contribution in [2.45, 2.75) is 31.6 Å². The molecule has 1 aliphatic rings. The van der Waals surface area contributed by atoms with E-state index in [0.29, 0.717) is 5.02 Å². The SMILES string of the molecule is N#CCNC(=O)C1CCCCC1c1ccccc1-c1ccc(Cl)cc1. The highest BCUT2D eigenvalue weighted by molar-refractivity contribution is 6.30. The van der Waals surface area contributed by atoms with Crippen LogP contribution in [0, 0.1) is 17.2 Å². The van der Waals surface area contributed by atoms with Gasteiger partial charge in [0.1, 0.15) is 6.54 Å². The molecule has 2 aromatic rings. The molecule has 1 saturated carbocycles. The second kappa shape index (κ2) is 8.18. The van der Waals surface area contributed by atoms with Crippen molar-refractivity contribution in [1.82, 2.24) is 5.32 Å². The first-order valence-electron chi connectivity index (χ1n) is 8.70. The fourth-order valence-electron chi connectivity index (χ4n) is 3.79. The zero-order chi connectivity index (χ0) is 17.6. The molecule has 1 N–H and O–H groups in total. The lowest BCUT2D eigenvalue weighted by molar-refractivity contribution is -0.126. The van der Waals surface area contributed by atoms with Crippen LogP contribution in [0.5, 0.6) is 0 Å². The van der Waals surface area contributed by atoms with Crippen LogP contribution in [0.4, 0.5) is 0 Å². The van der Waals surface area contributed by atoms with E-state index in [1.165, 1.54) is 5.56 Å². The van der Waals surface area contributed by atoms with Crippen molar-refractivity contribution in [3.8, 4) is 17.2 Å². The molecule has 0 bridgehead atoms. The molecule has 1 fully saturated rings. The minimum absolute atomic E-state index is 0.00263. The van der Waals surface area contributed by atoms with Crippen LogP contribution in [-0.2, 0) is 4.79 Å². The Morgan fingerprint density at radius 1 is 1.12 bits per heavy atom. The number of halogens is 1. The van der Waals surface area contributed by atoms with Crippen molar-refractivity contribution < 1.29 is 4.79 Å². The van der Waals surface area contributed by atoms with Gasteiger partial charge in [-0.25, -0.2) is 0 Å². The van der Waals surface area contributed by atoms with E-state index >= 15 is 0 Å². The van der Waals surface area contributed by atoms with E-state index in [-0.39, 0.29) is 24.3 Å². The van der Waals surface area contributed by atoms with Gasteiger partial charge >= 0.3 is 0 Å². The lowest BCUT2D eigenvalue weighted by Gasteiger charge is -2.32. The maximum Gasteiger partial charge on any atom is 0.224 e. The minimum Gasteiger partial charge on any atom is -0.343 e. The van der Waals surface area contributed by atoms with Crippen LogP contribution in [0.3, 0.4) is 0 Å². The maximum atomic E-state index is 12.6. The minimum atomic E-state index is -0.0736. The van der Waals surface area contributed by atoms with Gasteiger partial charge in [0.2, 0.25) is 5.91 Å². The molecule has 4 heteroatoms. The molecule has 1 amide bonds. The smallest absolute Gasteiger partial charge is 0.224 e. The molecule has 0 heterocycles. The van der Waals surface area contributed by atoms with Crippen LogP contribution >= 0.6 is 11.6 Å². The van der Waals surface area contributed by atoms with E-state index < -0.39 is 0 Å². The van der Waals surface area contributed by atoms with Gasteiger partial charge in [-0.15, -0.1) is 0 Å². The first-order chi connectivity index (χ1) is 12.2. The van der Waals surface area contributed by atoms with Gasteiger partial charge in [0.15, 0.2) is 0 Å². The molecular formula is C21H21ClN2O. The Hall–Kier alpha value is -2.31. The quantitative estimate of drug-likeness (QED) is 0.794. The predicted octanol–water partition coefficient (Wildman–Crippen LogP) is 4.92. The number of nitriles is 1. The third-order valence-corrected chi connectivity index (χ3v) is 5.21. The summed E-state index contributed by atoms with van der Waals surface area (Å²) in [7, 11) is 0. The fourth-order valence-corrected chi connectivity index (χ4v) is 3.91. The van der Waals surface area contributed by atoms with E-state index in [2.05, 4.69) is 17.4 Å². The molecular weight excluding hydrogens is 332 g/mol. The second-order valence-electron chi connectivity index (χ2n) is 6.47. The van der Waals surface area contributed by atoms with Gasteiger partial charge in [0.25, 0.3) is 0 Å². The number of nitrogens with zero attached hydrogens (tertiary/aromatic N) is 1.